The molecule has 0 radical (unpaired) electrons. The largest absolute Gasteiger partial charge is 0.298 e. The maximum absolute atomic E-state index is 13.2. The van der Waals surface area contributed by atoms with E-state index in [1.165, 1.54) is 6.07 Å². The van der Waals surface area contributed by atoms with Gasteiger partial charge in [-0.1, -0.05) is 13.0 Å². The molecule has 0 heterocycles. The molecule has 0 bridgehead atoms. The van der Waals surface area contributed by atoms with Gasteiger partial charge in [-0.2, -0.15) is 5.26 Å². The molecule has 14 heavy (non-hydrogen) atoms. The molecule has 2 nitrogen and oxygen atoms in total. The lowest BCUT2D eigenvalue weighted by molar-refractivity contribution is 0.520. The molecule has 0 spiro atoms. The van der Waals surface area contributed by atoms with Gasteiger partial charge in [0, 0.05) is 0 Å². The van der Waals surface area contributed by atoms with Gasteiger partial charge >= 0.3 is 0 Å². The highest BCUT2D eigenvalue weighted by atomic mass is 19.1. The highest BCUT2D eigenvalue weighted by Gasteiger charge is 2.18. The van der Waals surface area contributed by atoms with E-state index >= 15 is 0 Å². The summed E-state index contributed by atoms with van der Waals surface area (Å²) >= 11 is 0. The van der Waals surface area contributed by atoms with Crippen molar-refractivity contribution in [1.29, 1.82) is 5.26 Å². The van der Waals surface area contributed by atoms with Gasteiger partial charge in [0.05, 0.1) is 11.6 Å². The van der Waals surface area contributed by atoms with E-state index in [0.29, 0.717) is 6.54 Å². The highest BCUT2D eigenvalue weighted by molar-refractivity contribution is 5.27. The zero-order valence-electron chi connectivity index (χ0n) is 7.72. The zero-order chi connectivity index (χ0) is 10.6. The number of rotatable bonds is 3. The van der Waals surface area contributed by atoms with Crippen LogP contribution < -0.4 is 5.32 Å². The van der Waals surface area contributed by atoms with Gasteiger partial charge in [-0.3, -0.25) is 5.32 Å². The maximum Gasteiger partial charge on any atom is 0.131 e. The Morgan fingerprint density at radius 2 is 2.00 bits per heavy atom. The molecule has 0 aliphatic rings. The molecular weight excluding hydrogens is 186 g/mol. The van der Waals surface area contributed by atoms with Gasteiger partial charge in [-0.25, -0.2) is 8.78 Å². The molecule has 1 unspecified atom stereocenters. The third kappa shape index (κ3) is 2.06. The van der Waals surface area contributed by atoms with E-state index in [4.69, 9.17) is 5.26 Å². The lowest BCUT2D eigenvalue weighted by atomic mass is 10.1. The fourth-order valence-electron chi connectivity index (χ4n) is 1.20. The smallest absolute Gasteiger partial charge is 0.131 e. The first-order chi connectivity index (χ1) is 6.70. The first-order valence-corrected chi connectivity index (χ1v) is 4.27. The Morgan fingerprint density at radius 3 is 2.43 bits per heavy atom. The van der Waals surface area contributed by atoms with Crippen LogP contribution in [-0.2, 0) is 0 Å². The molecule has 0 fully saturated rings. The van der Waals surface area contributed by atoms with E-state index in [-0.39, 0.29) is 5.56 Å². The Balaban J connectivity index is 3.10. The van der Waals surface area contributed by atoms with Gasteiger partial charge in [0.15, 0.2) is 0 Å². The Hall–Kier alpha value is -1.47. The quantitative estimate of drug-likeness (QED) is 0.803. The summed E-state index contributed by atoms with van der Waals surface area (Å²) in [6.07, 6.45) is 0. The number of nitriles is 1. The molecule has 1 aromatic carbocycles. The van der Waals surface area contributed by atoms with Crippen LogP contribution in [0.3, 0.4) is 0 Å². The molecule has 0 amide bonds. The Bertz CT molecular complexity index is 337. The first-order valence-electron chi connectivity index (χ1n) is 4.27. The third-order valence-electron chi connectivity index (χ3n) is 1.83. The number of nitrogens with one attached hydrogen (secondary N) is 1. The second-order valence-corrected chi connectivity index (χ2v) is 2.76. The van der Waals surface area contributed by atoms with E-state index in [2.05, 4.69) is 5.32 Å². The van der Waals surface area contributed by atoms with Crippen LogP contribution >= 0.6 is 0 Å². The summed E-state index contributed by atoms with van der Waals surface area (Å²) in [6, 6.07) is 4.43. The lowest BCUT2D eigenvalue weighted by Crippen LogP contribution is -2.21. The molecule has 0 aliphatic carbocycles. The number of hydrogen-bond acceptors (Lipinski definition) is 2. The second kappa shape index (κ2) is 4.68. The van der Waals surface area contributed by atoms with Gasteiger partial charge in [-0.15, -0.1) is 0 Å². The Morgan fingerprint density at radius 1 is 1.43 bits per heavy atom. The number of hydrogen-bond donors (Lipinski definition) is 1. The standard InChI is InChI=1S/C10H10F2N2/c1-2-14-9(6-13)10-7(11)4-3-5-8(10)12/h3-5,9,14H,2H2,1H3. The molecule has 0 aliphatic heterocycles. The molecular formula is C10H10F2N2. The minimum absolute atomic E-state index is 0.211. The predicted molar refractivity (Wildman–Crippen MR) is 48.4 cm³/mol. The maximum atomic E-state index is 13.2. The first kappa shape index (κ1) is 10.6. The second-order valence-electron chi connectivity index (χ2n) is 2.76. The van der Waals surface area contributed by atoms with Crippen molar-refractivity contribution in [3.05, 3.63) is 35.4 Å². The van der Waals surface area contributed by atoms with Crippen LogP contribution in [-0.4, -0.2) is 6.54 Å². The lowest BCUT2D eigenvalue weighted by Gasteiger charge is -2.11. The summed E-state index contributed by atoms with van der Waals surface area (Å²) in [4.78, 5) is 0. The van der Waals surface area contributed by atoms with Crippen molar-refractivity contribution in [1.82, 2.24) is 5.32 Å². The van der Waals surface area contributed by atoms with E-state index in [0.717, 1.165) is 12.1 Å². The fraction of sp³-hybridized carbons (Fsp3) is 0.300. The molecule has 1 N–H and O–H groups in total. The van der Waals surface area contributed by atoms with Crippen LogP contribution in [0.5, 0.6) is 0 Å². The molecule has 0 aromatic heterocycles. The summed E-state index contributed by atoms with van der Waals surface area (Å²) in [7, 11) is 0. The van der Waals surface area contributed by atoms with Crippen LogP contribution in [0.15, 0.2) is 18.2 Å². The molecule has 74 valence electrons. The van der Waals surface area contributed by atoms with Gasteiger partial charge in [0.1, 0.15) is 17.7 Å². The average molecular weight is 196 g/mol. The topological polar surface area (TPSA) is 35.8 Å². The summed E-state index contributed by atoms with van der Waals surface area (Å²) < 4.78 is 26.4. The van der Waals surface area contributed by atoms with Crippen molar-refractivity contribution in [2.24, 2.45) is 0 Å². The molecule has 0 saturated carbocycles. The predicted octanol–water partition coefficient (Wildman–Crippen LogP) is 2.14. The van der Waals surface area contributed by atoms with Crippen LogP contribution in [0, 0.1) is 23.0 Å². The van der Waals surface area contributed by atoms with Crippen LogP contribution in [0.1, 0.15) is 18.5 Å². The number of halogens is 2. The minimum atomic E-state index is -0.929. The molecule has 1 rings (SSSR count). The summed E-state index contributed by atoms with van der Waals surface area (Å²) in [5.41, 5.74) is -0.211. The number of nitrogens with zero attached hydrogens (tertiary/aromatic N) is 1. The average Bonchev–Trinajstić information content (AvgIpc) is 2.16. The SMILES string of the molecule is CCNC(C#N)c1c(F)cccc1F. The van der Waals surface area contributed by atoms with Gasteiger partial charge in [0.2, 0.25) is 0 Å². The Kier molecular flexibility index (Phi) is 3.55. The monoisotopic (exact) mass is 196 g/mol. The molecule has 4 heteroatoms. The highest BCUT2D eigenvalue weighted by Crippen LogP contribution is 2.19. The Labute approximate surface area is 81.2 Å². The van der Waals surface area contributed by atoms with Crippen molar-refractivity contribution in [2.75, 3.05) is 6.54 Å². The van der Waals surface area contributed by atoms with Crippen molar-refractivity contribution >= 4 is 0 Å². The van der Waals surface area contributed by atoms with Crippen molar-refractivity contribution in [3.8, 4) is 6.07 Å². The van der Waals surface area contributed by atoms with Crippen molar-refractivity contribution in [3.63, 3.8) is 0 Å². The van der Waals surface area contributed by atoms with Gasteiger partial charge in [0.25, 0.3) is 0 Å². The molecule has 0 saturated heterocycles. The van der Waals surface area contributed by atoms with Crippen LogP contribution in [0.4, 0.5) is 8.78 Å². The summed E-state index contributed by atoms with van der Waals surface area (Å²) in [5.74, 6) is -1.39. The van der Waals surface area contributed by atoms with Gasteiger partial charge in [-0.05, 0) is 18.7 Å². The van der Waals surface area contributed by atoms with Gasteiger partial charge < -0.3 is 0 Å². The van der Waals surface area contributed by atoms with E-state index in [1.807, 2.05) is 6.07 Å². The van der Waals surface area contributed by atoms with Crippen molar-refractivity contribution < 1.29 is 8.78 Å². The fourth-order valence-corrected chi connectivity index (χ4v) is 1.20. The summed E-state index contributed by atoms with van der Waals surface area (Å²) in [5, 5.41) is 11.4. The van der Waals surface area contributed by atoms with Crippen molar-refractivity contribution in [2.45, 2.75) is 13.0 Å². The van der Waals surface area contributed by atoms with Crippen LogP contribution in [0.2, 0.25) is 0 Å². The zero-order valence-corrected chi connectivity index (χ0v) is 7.72. The van der Waals surface area contributed by atoms with E-state index in [9.17, 15) is 8.78 Å². The minimum Gasteiger partial charge on any atom is -0.298 e. The third-order valence-corrected chi connectivity index (χ3v) is 1.83. The van der Waals surface area contributed by atoms with E-state index in [1.54, 1.807) is 6.92 Å². The molecule has 1 aromatic rings. The number of benzene rings is 1. The normalized spacial score (nSPS) is 12.1. The van der Waals surface area contributed by atoms with Crippen LogP contribution in [0.25, 0.3) is 0 Å². The molecule has 1 atom stereocenters. The summed E-state index contributed by atoms with van der Waals surface area (Å²) in [6.45, 7) is 2.25. The van der Waals surface area contributed by atoms with E-state index < -0.39 is 17.7 Å².